The van der Waals surface area contributed by atoms with Gasteiger partial charge in [-0.2, -0.15) is 13.2 Å². The SMILES string of the molecule is N/C(=C\N(N)c1ccc(-c2ccc(-c3nc(NN=O)c(N)cc3Cl)cc2)cc1)C(O)(O)C(F)(F)F. The lowest BCUT2D eigenvalue weighted by molar-refractivity contribution is -0.329. The topological polar surface area (TPSA) is 176 Å². The zero-order chi connectivity index (χ0) is 26.0. The van der Waals surface area contributed by atoms with Crippen molar-refractivity contribution in [1.29, 1.82) is 0 Å². The fourth-order valence-electron chi connectivity index (χ4n) is 2.96. The molecular formula is C21H19ClF3N7O3. The number of pyridine rings is 1. The molecule has 35 heavy (non-hydrogen) atoms. The van der Waals surface area contributed by atoms with Gasteiger partial charge in [-0.15, -0.1) is 4.91 Å². The first-order chi connectivity index (χ1) is 16.3. The molecule has 10 nitrogen and oxygen atoms in total. The van der Waals surface area contributed by atoms with E-state index >= 15 is 0 Å². The average molecular weight is 510 g/mol. The number of halogens is 4. The van der Waals surface area contributed by atoms with Gasteiger partial charge in [0, 0.05) is 11.8 Å². The molecule has 3 rings (SSSR count). The van der Waals surface area contributed by atoms with Crippen LogP contribution < -0.4 is 27.7 Å². The molecule has 0 spiro atoms. The first kappa shape index (κ1) is 25.7. The third-order valence-corrected chi connectivity index (χ3v) is 5.18. The highest BCUT2D eigenvalue weighted by molar-refractivity contribution is 6.33. The number of benzene rings is 2. The Morgan fingerprint density at radius 2 is 1.57 bits per heavy atom. The number of nitrogens with zero attached hydrogens (tertiary/aromatic N) is 3. The second-order valence-electron chi connectivity index (χ2n) is 7.25. The van der Waals surface area contributed by atoms with Crippen LogP contribution in [0, 0.1) is 4.91 Å². The minimum Gasteiger partial charge on any atom is -0.396 e. The summed E-state index contributed by atoms with van der Waals surface area (Å²) in [5.74, 6) is 1.53. The van der Waals surface area contributed by atoms with Crippen molar-refractivity contribution >= 4 is 28.8 Å². The minimum absolute atomic E-state index is 0.0648. The van der Waals surface area contributed by atoms with Gasteiger partial charge in [-0.1, -0.05) is 48.0 Å². The van der Waals surface area contributed by atoms with Crippen LogP contribution in [-0.2, 0) is 0 Å². The molecule has 0 aliphatic carbocycles. The van der Waals surface area contributed by atoms with Gasteiger partial charge in [0.1, 0.15) is 0 Å². The van der Waals surface area contributed by atoms with Crippen LogP contribution in [0.2, 0.25) is 5.02 Å². The molecule has 14 heteroatoms. The van der Waals surface area contributed by atoms with Crippen LogP contribution in [0.4, 0.5) is 30.4 Å². The van der Waals surface area contributed by atoms with Crippen LogP contribution in [-0.4, -0.2) is 27.2 Å². The average Bonchev–Trinajstić information content (AvgIpc) is 2.80. The molecular weight excluding hydrogens is 491 g/mol. The fourth-order valence-corrected chi connectivity index (χ4v) is 3.23. The van der Waals surface area contributed by atoms with Crippen LogP contribution in [0.25, 0.3) is 22.4 Å². The third kappa shape index (κ3) is 5.44. The number of rotatable bonds is 7. The van der Waals surface area contributed by atoms with Gasteiger partial charge in [0.2, 0.25) is 0 Å². The molecule has 0 radical (unpaired) electrons. The Labute approximate surface area is 201 Å². The quantitative estimate of drug-likeness (QED) is 0.120. The molecule has 0 atom stereocenters. The van der Waals surface area contributed by atoms with Gasteiger partial charge in [-0.25, -0.2) is 16.3 Å². The number of nitrogens with one attached hydrogen (secondary N) is 1. The highest BCUT2D eigenvalue weighted by Gasteiger charge is 2.55. The second-order valence-corrected chi connectivity index (χ2v) is 7.65. The van der Waals surface area contributed by atoms with Crippen molar-refractivity contribution in [3.63, 3.8) is 0 Å². The molecule has 2 aromatic carbocycles. The largest absolute Gasteiger partial charge is 0.449 e. The van der Waals surface area contributed by atoms with Crippen molar-refractivity contribution in [3.8, 4) is 22.4 Å². The molecule has 0 unspecified atom stereocenters. The Balaban J connectivity index is 1.82. The van der Waals surface area contributed by atoms with Gasteiger partial charge < -0.3 is 21.7 Å². The van der Waals surface area contributed by atoms with Crippen molar-refractivity contribution in [1.82, 2.24) is 4.98 Å². The van der Waals surface area contributed by atoms with Crippen LogP contribution >= 0.6 is 11.6 Å². The minimum atomic E-state index is -5.40. The van der Waals surface area contributed by atoms with Gasteiger partial charge in [-0.05, 0) is 29.3 Å². The lowest BCUT2D eigenvalue weighted by Gasteiger charge is -2.26. The van der Waals surface area contributed by atoms with Crippen LogP contribution in [0.15, 0.2) is 71.8 Å². The molecule has 1 heterocycles. The fraction of sp³-hybridized carbons (Fsp3) is 0.0952. The summed E-state index contributed by atoms with van der Waals surface area (Å²) in [5, 5.41) is 22.0. The summed E-state index contributed by atoms with van der Waals surface area (Å²) in [7, 11) is 0. The second kappa shape index (κ2) is 9.76. The molecule has 0 aliphatic rings. The smallest absolute Gasteiger partial charge is 0.396 e. The highest BCUT2D eigenvalue weighted by Crippen LogP contribution is 2.34. The predicted molar refractivity (Wildman–Crippen MR) is 126 cm³/mol. The van der Waals surface area contributed by atoms with E-state index in [1.807, 2.05) is 0 Å². The zero-order valence-corrected chi connectivity index (χ0v) is 18.4. The van der Waals surface area contributed by atoms with Crippen LogP contribution in [0.3, 0.4) is 0 Å². The Bertz CT molecular complexity index is 1250. The summed E-state index contributed by atoms with van der Waals surface area (Å²) >= 11 is 6.23. The molecule has 0 fully saturated rings. The summed E-state index contributed by atoms with van der Waals surface area (Å²) in [4.78, 5) is 14.7. The Hall–Kier alpha value is -3.91. The molecule has 9 N–H and O–H groups in total. The summed E-state index contributed by atoms with van der Waals surface area (Å²) in [5.41, 5.74) is 14.7. The first-order valence-electron chi connectivity index (χ1n) is 9.63. The third-order valence-electron chi connectivity index (χ3n) is 4.89. The standard InChI is InChI=1S/C21H19ClF3N7O3/c22-15-9-16(26)19(30-31-35)29-18(15)13-3-1-11(2-4-13)12-5-7-14(8-6-12)32(28)10-17(27)20(33,34)21(23,24)25/h1-10,33-34H,26-28H2,(H,29,30,35)/b17-10-. The van der Waals surface area contributed by atoms with Crippen molar-refractivity contribution in [2.45, 2.75) is 12.0 Å². The van der Waals surface area contributed by atoms with E-state index in [0.717, 1.165) is 16.1 Å². The highest BCUT2D eigenvalue weighted by atomic mass is 35.5. The molecule has 0 aliphatic heterocycles. The Kier molecular flexibility index (Phi) is 7.17. The van der Waals surface area contributed by atoms with Crippen molar-refractivity contribution in [2.24, 2.45) is 16.9 Å². The molecule has 3 aromatic rings. The number of aromatic nitrogens is 1. The maximum Gasteiger partial charge on any atom is 0.449 e. The molecule has 1 aromatic heterocycles. The van der Waals surface area contributed by atoms with Crippen LogP contribution in [0.5, 0.6) is 0 Å². The molecule has 0 saturated carbocycles. The van der Waals surface area contributed by atoms with Crippen molar-refractivity contribution in [3.05, 3.63) is 76.4 Å². The van der Waals surface area contributed by atoms with Crippen molar-refractivity contribution < 1.29 is 23.4 Å². The van der Waals surface area contributed by atoms with Gasteiger partial charge in [0.05, 0.1) is 33.1 Å². The normalized spacial score (nSPS) is 12.4. The van der Waals surface area contributed by atoms with E-state index in [4.69, 9.17) is 28.9 Å². The van der Waals surface area contributed by atoms with E-state index in [0.29, 0.717) is 17.5 Å². The molecule has 0 amide bonds. The summed E-state index contributed by atoms with van der Waals surface area (Å²) < 4.78 is 38.1. The number of anilines is 3. The van der Waals surface area contributed by atoms with Gasteiger partial charge >= 0.3 is 12.0 Å². The summed E-state index contributed by atoms with van der Waals surface area (Å²) in [6, 6.07) is 14.8. The summed E-state index contributed by atoms with van der Waals surface area (Å²) in [6.07, 6.45) is -4.84. The van der Waals surface area contributed by atoms with Gasteiger partial charge in [-0.3, -0.25) is 5.01 Å². The van der Waals surface area contributed by atoms with Gasteiger partial charge in [0.15, 0.2) is 5.82 Å². The van der Waals surface area contributed by atoms with Gasteiger partial charge in [0.25, 0.3) is 0 Å². The Morgan fingerprint density at radius 1 is 1.06 bits per heavy atom. The number of nitrogens with two attached hydrogens (primary N) is 3. The van der Waals surface area contributed by atoms with E-state index in [-0.39, 0.29) is 22.2 Å². The number of nitrogen functional groups attached to an aromatic ring is 1. The number of hydrogen-bond donors (Lipinski definition) is 6. The molecule has 184 valence electrons. The molecule has 0 bridgehead atoms. The van der Waals surface area contributed by atoms with E-state index < -0.39 is 17.7 Å². The Morgan fingerprint density at radius 3 is 2.09 bits per heavy atom. The van der Waals surface area contributed by atoms with Crippen LogP contribution in [0.1, 0.15) is 0 Å². The summed E-state index contributed by atoms with van der Waals surface area (Å²) in [6.45, 7) is 0. The lowest BCUT2D eigenvalue weighted by Crippen LogP contribution is -2.50. The zero-order valence-electron chi connectivity index (χ0n) is 17.7. The van der Waals surface area contributed by atoms with E-state index in [9.17, 15) is 28.3 Å². The first-order valence-corrected chi connectivity index (χ1v) is 10.0. The lowest BCUT2D eigenvalue weighted by atomic mass is 10.0. The van der Waals surface area contributed by atoms with E-state index in [1.165, 1.54) is 18.2 Å². The number of aliphatic hydroxyl groups is 2. The van der Waals surface area contributed by atoms with E-state index in [2.05, 4.69) is 15.7 Å². The predicted octanol–water partition coefficient (Wildman–Crippen LogP) is 3.47. The number of hydrazine groups is 1. The number of alkyl halides is 3. The van der Waals surface area contributed by atoms with Crippen molar-refractivity contribution in [2.75, 3.05) is 16.2 Å². The monoisotopic (exact) mass is 509 g/mol. The van der Waals surface area contributed by atoms with E-state index in [1.54, 1.807) is 36.4 Å². The maximum atomic E-state index is 12.7. The molecule has 0 saturated heterocycles. The number of nitroso groups, excluding NO2 is 1. The number of hydrogen-bond acceptors (Lipinski definition) is 9. The maximum absolute atomic E-state index is 12.7.